The second-order valence-electron chi connectivity index (χ2n) is 20.5. The molecule has 5 heterocycles. The molecule has 72 heavy (non-hydrogen) atoms. The number of aryl methyl sites for hydroxylation is 2. The summed E-state index contributed by atoms with van der Waals surface area (Å²) in [5.74, 6) is 0.0621. The van der Waals surface area contributed by atoms with Crippen LogP contribution in [0.5, 0.6) is 0 Å². The number of carbonyl (C=O) groups is 4. The molecule has 0 radical (unpaired) electrons. The Bertz CT molecular complexity index is 2600. The monoisotopic (exact) mass is 1010 g/mol. The summed E-state index contributed by atoms with van der Waals surface area (Å²) in [6.45, 7) is 13.6. The Kier molecular flexibility index (Phi) is 17.1. The van der Waals surface area contributed by atoms with E-state index in [0.29, 0.717) is 107 Å². The van der Waals surface area contributed by atoms with E-state index in [2.05, 4.69) is 41.5 Å². The normalized spacial score (nSPS) is 17.9. The van der Waals surface area contributed by atoms with Crippen LogP contribution < -0.4 is 32.1 Å². The van der Waals surface area contributed by atoms with E-state index in [1.807, 2.05) is 64.4 Å². The molecule has 8 rings (SSSR count). The van der Waals surface area contributed by atoms with E-state index in [1.54, 1.807) is 32.9 Å². The zero-order chi connectivity index (χ0) is 50.9. The third kappa shape index (κ3) is 12.9. The third-order valence-corrected chi connectivity index (χ3v) is 15.2. The Balaban J connectivity index is 0.654. The second-order valence-corrected chi connectivity index (χ2v) is 21.3. The van der Waals surface area contributed by atoms with E-state index in [4.69, 9.17) is 18.9 Å². The molecule has 0 bridgehead atoms. The highest BCUT2D eigenvalue weighted by Crippen LogP contribution is 2.59. The minimum atomic E-state index is -0.813. The van der Waals surface area contributed by atoms with Gasteiger partial charge in [0.1, 0.15) is 47.1 Å². The summed E-state index contributed by atoms with van der Waals surface area (Å²) in [5.41, 5.74) is 5.30. The minimum Gasteiger partial charge on any atom is -0.379 e. The van der Waals surface area contributed by atoms with Gasteiger partial charge in [0.25, 0.3) is 11.5 Å². The highest BCUT2D eigenvalue weighted by Gasteiger charge is 2.54. The predicted octanol–water partition coefficient (Wildman–Crippen LogP) is 5.58. The lowest BCUT2D eigenvalue weighted by atomic mass is 9.79. The molecule has 19 nitrogen and oxygen atoms in total. The lowest BCUT2D eigenvalue weighted by Crippen LogP contribution is -2.57. The first kappa shape index (κ1) is 52.5. The summed E-state index contributed by atoms with van der Waals surface area (Å²) < 4.78 is 24.3. The molecule has 5 N–H and O–H groups in total. The molecule has 1 aromatic carbocycles. The van der Waals surface area contributed by atoms with Crippen molar-refractivity contribution in [2.75, 3.05) is 76.6 Å². The van der Waals surface area contributed by atoms with Gasteiger partial charge >= 0.3 is 0 Å². The predicted molar refractivity (Wildman–Crippen MR) is 273 cm³/mol. The van der Waals surface area contributed by atoms with E-state index in [9.17, 15) is 24.0 Å². The number of benzene rings is 1. The number of carbonyl (C=O) groups excluding carboxylic acids is 4. The molecule has 388 valence electrons. The van der Waals surface area contributed by atoms with Gasteiger partial charge in [0, 0.05) is 32.1 Å². The van der Waals surface area contributed by atoms with Crippen molar-refractivity contribution in [1.29, 1.82) is 0 Å². The van der Waals surface area contributed by atoms with E-state index in [0.717, 1.165) is 52.9 Å². The van der Waals surface area contributed by atoms with Crippen molar-refractivity contribution in [2.24, 2.45) is 10.8 Å². The largest absolute Gasteiger partial charge is 0.379 e. The first-order valence-electron chi connectivity index (χ1n) is 25.3. The van der Waals surface area contributed by atoms with Gasteiger partial charge in [-0.3, -0.25) is 28.5 Å². The van der Waals surface area contributed by atoms with E-state index < -0.39 is 23.2 Å². The fourth-order valence-electron chi connectivity index (χ4n) is 9.92. The van der Waals surface area contributed by atoms with E-state index >= 15 is 0 Å². The number of thiazole rings is 1. The van der Waals surface area contributed by atoms with Gasteiger partial charge in [-0.15, -0.1) is 11.3 Å². The molecule has 2 saturated carbocycles. The number of nitrogens with zero attached hydrogens (tertiary/aromatic N) is 5. The van der Waals surface area contributed by atoms with Gasteiger partial charge in [-0.25, -0.2) is 15.0 Å². The highest BCUT2D eigenvalue weighted by atomic mass is 32.1. The van der Waals surface area contributed by atoms with Crippen molar-refractivity contribution in [3.8, 4) is 10.4 Å². The number of amides is 4. The number of fused-ring (bicyclic) bond motifs is 2. The molecule has 4 aromatic rings. The van der Waals surface area contributed by atoms with Crippen LogP contribution in [0.3, 0.4) is 0 Å². The molecule has 1 saturated heterocycles. The first-order chi connectivity index (χ1) is 34.7. The van der Waals surface area contributed by atoms with Crippen LogP contribution in [0.2, 0.25) is 0 Å². The van der Waals surface area contributed by atoms with Crippen molar-refractivity contribution in [2.45, 2.75) is 117 Å². The van der Waals surface area contributed by atoms with Gasteiger partial charge < -0.3 is 50.4 Å². The SMILES string of the molecule is Cc1cc(Nc2cc(NCCOCCOCCOCCOCCC(=O)NC(C(=O)N3CCC[C@H]3C(=O)NCc3ccc(-c4scnc4C)cc3)C(C)(C)C)ncn2)c(=O)n2c1C(=O)NC21CCC2(CC2)CC1. The van der Waals surface area contributed by atoms with Crippen molar-refractivity contribution in [3.63, 3.8) is 0 Å². The standard InChI is InChI=1S/C52H70N10O9S/c1-34-29-38(48(66)62-43(34)47(65)60-52(62)17-15-51(13-14-51)16-18-52)58-41-30-40(55-32-56-41)53-19-22-69-24-26-71-28-27-70-25-23-68-21-12-42(63)59-45(50(3,4)5)49(67)61-20-6-7-39(61)46(64)54-31-36-8-10-37(11-9-36)44-35(2)57-33-72-44/h8-11,29-30,32-33,39,45H,6-7,12-28,31H2,1-5H3,(H,54,64)(H,59,63)(H,60,65)(H2,53,55,56,58)/t39-,45?/m0/s1. The highest BCUT2D eigenvalue weighted by molar-refractivity contribution is 7.13. The maximum Gasteiger partial charge on any atom is 0.276 e. The van der Waals surface area contributed by atoms with Gasteiger partial charge in [0.05, 0.1) is 68.9 Å². The summed E-state index contributed by atoms with van der Waals surface area (Å²) in [5, 5.41) is 15.5. The number of hydrogen-bond acceptors (Lipinski definition) is 15. The van der Waals surface area contributed by atoms with Crippen LogP contribution >= 0.6 is 11.3 Å². The molecule has 1 unspecified atom stereocenters. The van der Waals surface area contributed by atoms with Crippen LogP contribution in [0.15, 0.2) is 53.0 Å². The summed E-state index contributed by atoms with van der Waals surface area (Å²) in [6, 6.07) is 10.1. The lowest BCUT2D eigenvalue weighted by molar-refractivity contribution is -0.144. The maximum atomic E-state index is 13.9. The van der Waals surface area contributed by atoms with Crippen LogP contribution in [0.25, 0.3) is 10.4 Å². The summed E-state index contributed by atoms with van der Waals surface area (Å²) in [6.07, 6.45) is 8.77. The van der Waals surface area contributed by atoms with Crippen molar-refractivity contribution < 1.29 is 38.1 Å². The number of nitrogens with one attached hydrogen (secondary N) is 5. The molecule has 2 aliphatic carbocycles. The molecule has 4 aliphatic rings. The van der Waals surface area contributed by atoms with Crippen LogP contribution in [-0.4, -0.2) is 126 Å². The summed E-state index contributed by atoms with van der Waals surface area (Å²) >= 11 is 1.59. The third-order valence-electron chi connectivity index (χ3n) is 14.2. The lowest BCUT2D eigenvalue weighted by Gasteiger charge is -2.39. The van der Waals surface area contributed by atoms with Crippen molar-refractivity contribution >= 4 is 52.3 Å². The topological polar surface area (TPSA) is 229 Å². The fraction of sp³-hybridized carbons (Fsp3) is 0.577. The molecular formula is C52H70N10O9S. The Morgan fingerprint density at radius 1 is 0.847 bits per heavy atom. The molecule has 4 amide bonds. The number of hydrogen-bond donors (Lipinski definition) is 5. The Morgan fingerprint density at radius 3 is 2.15 bits per heavy atom. The van der Waals surface area contributed by atoms with Gasteiger partial charge in [0.2, 0.25) is 17.7 Å². The Morgan fingerprint density at radius 2 is 1.50 bits per heavy atom. The first-order valence-corrected chi connectivity index (χ1v) is 26.1. The molecule has 2 atom stereocenters. The van der Waals surface area contributed by atoms with Crippen LogP contribution in [0, 0.1) is 24.7 Å². The summed E-state index contributed by atoms with van der Waals surface area (Å²) in [4.78, 5) is 83.0. The van der Waals surface area contributed by atoms with E-state index in [-0.39, 0.29) is 42.2 Å². The van der Waals surface area contributed by atoms with Gasteiger partial charge in [-0.05, 0) is 98.8 Å². The molecule has 2 spiro atoms. The number of rotatable bonds is 24. The second kappa shape index (κ2) is 23.4. The summed E-state index contributed by atoms with van der Waals surface area (Å²) in [7, 11) is 0. The average Bonchev–Trinajstić information content (AvgIpc) is 3.61. The molecule has 3 aromatic heterocycles. The molecule has 20 heteroatoms. The minimum absolute atomic E-state index is 0.0724. The average molecular weight is 1010 g/mol. The van der Waals surface area contributed by atoms with Crippen LogP contribution in [-0.2, 0) is 45.5 Å². The zero-order valence-corrected chi connectivity index (χ0v) is 43.1. The molecular weight excluding hydrogens is 941 g/mol. The van der Waals surface area contributed by atoms with Crippen LogP contribution in [0.1, 0.15) is 106 Å². The Labute approximate surface area is 424 Å². The fourth-order valence-corrected chi connectivity index (χ4v) is 10.7. The number of likely N-dealkylation sites (tertiary alicyclic amines) is 1. The van der Waals surface area contributed by atoms with Crippen LogP contribution in [0.4, 0.5) is 17.3 Å². The van der Waals surface area contributed by atoms with Gasteiger partial charge in [0.15, 0.2) is 0 Å². The van der Waals surface area contributed by atoms with Gasteiger partial charge in [-0.1, -0.05) is 45.0 Å². The Hall–Kier alpha value is -5.80. The van der Waals surface area contributed by atoms with Gasteiger partial charge in [-0.2, -0.15) is 0 Å². The van der Waals surface area contributed by atoms with E-state index in [1.165, 1.54) is 19.2 Å². The molecule has 3 fully saturated rings. The number of ether oxygens (including phenoxy) is 4. The van der Waals surface area contributed by atoms with Crippen molar-refractivity contribution in [1.82, 2.24) is 40.4 Å². The maximum absolute atomic E-state index is 13.9. The number of anilines is 3. The smallest absolute Gasteiger partial charge is 0.276 e. The molecule has 2 aliphatic heterocycles. The van der Waals surface area contributed by atoms with Crippen molar-refractivity contribution in [3.05, 3.63) is 81.1 Å². The number of pyridine rings is 1. The zero-order valence-electron chi connectivity index (χ0n) is 42.2. The quantitative estimate of drug-likeness (QED) is 0.0541. The number of aromatic nitrogens is 4.